The summed E-state index contributed by atoms with van der Waals surface area (Å²) in [5.74, 6) is 0.925. The van der Waals surface area contributed by atoms with Crippen LogP contribution in [-0.4, -0.2) is 24.1 Å². The molecule has 0 atom stereocenters. The molecule has 1 aromatic heterocycles. The van der Waals surface area contributed by atoms with Crippen molar-refractivity contribution in [3.05, 3.63) is 78.6 Å². The summed E-state index contributed by atoms with van der Waals surface area (Å²) in [7, 11) is 0. The predicted molar refractivity (Wildman–Crippen MR) is 113 cm³/mol. The van der Waals surface area contributed by atoms with Crippen LogP contribution in [0.4, 0.5) is 14.5 Å². The van der Waals surface area contributed by atoms with Crippen LogP contribution >= 0.6 is 0 Å². The third kappa shape index (κ3) is 6.81. The highest BCUT2D eigenvalue weighted by Gasteiger charge is 2.11. The molecule has 1 N–H and O–H groups in total. The maximum absolute atomic E-state index is 12.5. The van der Waals surface area contributed by atoms with E-state index in [-0.39, 0.29) is 24.0 Å². The summed E-state index contributed by atoms with van der Waals surface area (Å²) in [4.78, 5) is 16.2. The Labute approximate surface area is 178 Å². The number of carbonyl (C=O) groups is 1. The number of nitrogens with one attached hydrogen (secondary N) is 1. The van der Waals surface area contributed by atoms with Crippen LogP contribution in [0.5, 0.6) is 23.0 Å². The van der Waals surface area contributed by atoms with E-state index >= 15 is 0 Å². The van der Waals surface area contributed by atoms with Crippen molar-refractivity contribution in [2.45, 2.75) is 13.5 Å². The Kier molecular flexibility index (Phi) is 7.53. The molecule has 2 aromatic carbocycles. The minimum Gasteiger partial charge on any atom is -0.490 e. The maximum Gasteiger partial charge on any atom is 0.387 e. The number of amides is 1. The highest BCUT2D eigenvalue weighted by atomic mass is 19.3. The van der Waals surface area contributed by atoms with Crippen LogP contribution < -0.4 is 19.5 Å². The van der Waals surface area contributed by atoms with Gasteiger partial charge in [0.15, 0.2) is 11.5 Å². The van der Waals surface area contributed by atoms with Crippen molar-refractivity contribution in [2.75, 3.05) is 11.9 Å². The third-order valence-corrected chi connectivity index (χ3v) is 3.90. The molecule has 1 amide bonds. The van der Waals surface area contributed by atoms with Crippen LogP contribution in [0, 0.1) is 0 Å². The van der Waals surface area contributed by atoms with E-state index < -0.39 is 6.61 Å². The molecule has 1 heterocycles. The molecule has 8 heteroatoms. The van der Waals surface area contributed by atoms with Gasteiger partial charge in [-0.2, -0.15) is 8.78 Å². The number of nitrogens with zero attached hydrogens (tertiary/aromatic N) is 1. The lowest BCUT2D eigenvalue weighted by Crippen LogP contribution is -2.07. The summed E-state index contributed by atoms with van der Waals surface area (Å²) < 4.78 is 40.5. The van der Waals surface area contributed by atoms with Crippen molar-refractivity contribution in [2.24, 2.45) is 0 Å². The fourth-order valence-corrected chi connectivity index (χ4v) is 2.63. The van der Waals surface area contributed by atoms with Gasteiger partial charge in [-0.1, -0.05) is 12.1 Å². The lowest BCUT2D eigenvalue weighted by Gasteiger charge is -2.11. The van der Waals surface area contributed by atoms with E-state index in [0.717, 1.165) is 0 Å². The second-order valence-electron chi connectivity index (χ2n) is 6.15. The number of rotatable bonds is 9. The summed E-state index contributed by atoms with van der Waals surface area (Å²) in [5, 5.41) is 2.74. The van der Waals surface area contributed by atoms with Gasteiger partial charge >= 0.3 is 6.61 Å². The third-order valence-electron chi connectivity index (χ3n) is 3.90. The van der Waals surface area contributed by atoms with Gasteiger partial charge in [0.1, 0.15) is 11.5 Å². The van der Waals surface area contributed by atoms with Crippen molar-refractivity contribution < 1.29 is 27.8 Å². The second-order valence-corrected chi connectivity index (χ2v) is 6.15. The van der Waals surface area contributed by atoms with E-state index in [1.54, 1.807) is 67.9 Å². The molecule has 0 fully saturated rings. The fraction of sp³-hybridized carbons (Fsp3) is 0.130. The number of anilines is 1. The maximum atomic E-state index is 12.5. The van der Waals surface area contributed by atoms with E-state index in [1.165, 1.54) is 18.2 Å². The summed E-state index contributed by atoms with van der Waals surface area (Å²) in [6.07, 6.45) is 6.11. The first-order chi connectivity index (χ1) is 15.0. The average Bonchev–Trinajstić information content (AvgIpc) is 2.75. The minimum absolute atomic E-state index is 0.0653. The topological polar surface area (TPSA) is 69.7 Å². The van der Waals surface area contributed by atoms with Gasteiger partial charge in [0, 0.05) is 30.2 Å². The average molecular weight is 426 g/mol. The Bertz CT molecular complexity index is 1040. The Morgan fingerprint density at radius 1 is 1.06 bits per heavy atom. The number of carbonyl (C=O) groups excluding carboxylic acids is 1. The Morgan fingerprint density at radius 2 is 1.87 bits per heavy atom. The lowest BCUT2D eigenvalue weighted by molar-refractivity contribution is -0.111. The summed E-state index contributed by atoms with van der Waals surface area (Å²) in [6, 6.07) is 14.8. The van der Waals surface area contributed by atoms with Gasteiger partial charge < -0.3 is 19.5 Å². The van der Waals surface area contributed by atoms with Crippen LogP contribution in [0.2, 0.25) is 0 Å². The molecule has 0 saturated carbocycles. The highest BCUT2D eigenvalue weighted by Crippen LogP contribution is 2.30. The van der Waals surface area contributed by atoms with E-state index in [9.17, 15) is 13.6 Å². The standard InChI is InChI=1S/C23H20F2N2O4/c1-2-29-21-14-16(6-8-20(21)31-23(24)25)7-9-22(28)27-17-4-3-5-19(15-17)30-18-10-12-26-13-11-18/h3-15,23H,2H2,1H3,(H,27,28)/b9-7+. The van der Waals surface area contributed by atoms with Crippen molar-refractivity contribution in [3.63, 3.8) is 0 Å². The molecule has 0 unspecified atom stereocenters. The zero-order chi connectivity index (χ0) is 22.1. The molecule has 31 heavy (non-hydrogen) atoms. The minimum atomic E-state index is -2.95. The van der Waals surface area contributed by atoms with Crippen LogP contribution in [-0.2, 0) is 4.79 Å². The number of aromatic nitrogens is 1. The molecular formula is C23H20F2N2O4. The molecule has 0 aliphatic rings. The van der Waals surface area contributed by atoms with Gasteiger partial charge in [0.05, 0.1) is 6.61 Å². The van der Waals surface area contributed by atoms with Crippen molar-refractivity contribution >= 4 is 17.7 Å². The van der Waals surface area contributed by atoms with Crippen molar-refractivity contribution in [1.82, 2.24) is 4.98 Å². The summed E-state index contributed by atoms with van der Waals surface area (Å²) in [5.41, 5.74) is 1.15. The first-order valence-electron chi connectivity index (χ1n) is 9.42. The van der Waals surface area contributed by atoms with Crippen LogP contribution in [0.1, 0.15) is 12.5 Å². The van der Waals surface area contributed by atoms with Gasteiger partial charge in [-0.15, -0.1) is 0 Å². The Balaban J connectivity index is 1.65. The molecule has 0 radical (unpaired) electrons. The van der Waals surface area contributed by atoms with Crippen molar-refractivity contribution in [3.8, 4) is 23.0 Å². The number of hydrogen-bond acceptors (Lipinski definition) is 5. The molecule has 3 aromatic rings. The lowest BCUT2D eigenvalue weighted by atomic mass is 10.2. The molecule has 0 saturated heterocycles. The molecule has 6 nitrogen and oxygen atoms in total. The quantitative estimate of drug-likeness (QED) is 0.456. The number of hydrogen-bond donors (Lipinski definition) is 1. The first-order valence-corrected chi connectivity index (χ1v) is 9.42. The zero-order valence-corrected chi connectivity index (χ0v) is 16.6. The van der Waals surface area contributed by atoms with E-state index in [4.69, 9.17) is 9.47 Å². The molecule has 160 valence electrons. The van der Waals surface area contributed by atoms with Gasteiger partial charge in [-0.3, -0.25) is 9.78 Å². The van der Waals surface area contributed by atoms with Gasteiger partial charge in [-0.05, 0) is 55.0 Å². The SMILES string of the molecule is CCOc1cc(/C=C/C(=O)Nc2cccc(Oc3ccncc3)c2)ccc1OC(F)F. The Morgan fingerprint density at radius 3 is 2.61 bits per heavy atom. The van der Waals surface area contributed by atoms with Crippen molar-refractivity contribution in [1.29, 1.82) is 0 Å². The second kappa shape index (κ2) is 10.7. The molecule has 3 rings (SSSR count). The van der Waals surface area contributed by atoms with E-state index in [1.807, 2.05) is 0 Å². The number of alkyl halides is 2. The number of benzene rings is 2. The predicted octanol–water partition coefficient (Wildman–Crippen LogP) is 5.53. The monoisotopic (exact) mass is 426 g/mol. The van der Waals surface area contributed by atoms with Crippen LogP contribution in [0.3, 0.4) is 0 Å². The van der Waals surface area contributed by atoms with Gasteiger partial charge in [0.2, 0.25) is 5.91 Å². The largest absolute Gasteiger partial charge is 0.490 e. The first kappa shape index (κ1) is 21.8. The molecule has 0 aliphatic heterocycles. The molecule has 0 spiro atoms. The van der Waals surface area contributed by atoms with Crippen LogP contribution in [0.25, 0.3) is 6.08 Å². The van der Waals surface area contributed by atoms with E-state index in [2.05, 4.69) is 15.0 Å². The zero-order valence-electron chi connectivity index (χ0n) is 16.6. The number of pyridine rings is 1. The smallest absolute Gasteiger partial charge is 0.387 e. The summed E-state index contributed by atoms with van der Waals surface area (Å²) >= 11 is 0. The van der Waals surface area contributed by atoms with Gasteiger partial charge in [-0.25, -0.2) is 0 Å². The number of halogens is 2. The fourth-order valence-electron chi connectivity index (χ4n) is 2.63. The molecular weight excluding hydrogens is 406 g/mol. The van der Waals surface area contributed by atoms with Gasteiger partial charge in [0.25, 0.3) is 0 Å². The normalized spacial score (nSPS) is 10.8. The molecule has 0 bridgehead atoms. The number of ether oxygens (including phenoxy) is 3. The van der Waals surface area contributed by atoms with E-state index in [0.29, 0.717) is 22.7 Å². The Hall–Kier alpha value is -3.94. The molecule has 0 aliphatic carbocycles. The van der Waals surface area contributed by atoms with Crippen LogP contribution in [0.15, 0.2) is 73.1 Å². The highest BCUT2D eigenvalue weighted by molar-refractivity contribution is 6.02. The summed E-state index contributed by atoms with van der Waals surface area (Å²) in [6.45, 7) is -0.940.